The zero-order valence-electron chi connectivity index (χ0n) is 13.5. The van der Waals surface area contributed by atoms with Crippen LogP contribution in [0.5, 0.6) is 11.6 Å². The van der Waals surface area contributed by atoms with Gasteiger partial charge >= 0.3 is 0 Å². The van der Waals surface area contributed by atoms with E-state index in [0.717, 1.165) is 23.9 Å². The van der Waals surface area contributed by atoms with Gasteiger partial charge in [-0.25, -0.2) is 22.5 Å². The van der Waals surface area contributed by atoms with Crippen LogP contribution in [0.2, 0.25) is 0 Å². The van der Waals surface area contributed by atoms with Gasteiger partial charge in [0.1, 0.15) is 17.5 Å². The molecule has 26 heavy (non-hydrogen) atoms. The van der Waals surface area contributed by atoms with Gasteiger partial charge in [-0.3, -0.25) is 0 Å². The third-order valence-electron chi connectivity index (χ3n) is 3.33. The molecule has 2 aromatic carbocycles. The Morgan fingerprint density at radius 1 is 0.923 bits per heavy atom. The highest BCUT2D eigenvalue weighted by molar-refractivity contribution is 7.98. The van der Waals surface area contributed by atoms with Crippen LogP contribution in [0.1, 0.15) is 11.3 Å². The molecule has 8 heteroatoms. The molecule has 134 valence electrons. The zero-order valence-corrected chi connectivity index (χ0v) is 14.3. The molecule has 0 aliphatic carbocycles. The molecule has 0 bridgehead atoms. The highest BCUT2D eigenvalue weighted by Crippen LogP contribution is 2.28. The highest BCUT2D eigenvalue weighted by Gasteiger charge is 2.12. The lowest BCUT2D eigenvalue weighted by Gasteiger charge is -2.09. The Morgan fingerprint density at radius 2 is 1.65 bits per heavy atom. The van der Waals surface area contributed by atoms with Gasteiger partial charge in [-0.1, -0.05) is 17.8 Å². The van der Waals surface area contributed by atoms with Crippen molar-refractivity contribution < 1.29 is 22.3 Å². The van der Waals surface area contributed by atoms with Crippen LogP contribution < -0.4 is 4.74 Å². The Balaban J connectivity index is 1.79. The van der Waals surface area contributed by atoms with Gasteiger partial charge in [-0.05, 0) is 31.2 Å². The number of hydrogen-bond acceptors (Lipinski definition) is 4. The maximum absolute atomic E-state index is 13.7. The normalized spacial score (nSPS) is 10.8. The van der Waals surface area contributed by atoms with E-state index in [1.807, 2.05) is 0 Å². The predicted octanol–water partition coefficient (Wildman–Crippen LogP) is 5.43. The maximum atomic E-state index is 13.7. The maximum Gasteiger partial charge on any atom is 0.223 e. The summed E-state index contributed by atoms with van der Waals surface area (Å²) in [6.45, 7) is 1.67. The van der Waals surface area contributed by atoms with E-state index in [1.165, 1.54) is 24.3 Å². The minimum absolute atomic E-state index is 0.0215. The Hall–Kier alpha value is -2.61. The Kier molecular flexibility index (Phi) is 5.41. The summed E-state index contributed by atoms with van der Waals surface area (Å²) in [5.74, 6) is -3.09. The lowest BCUT2D eigenvalue weighted by Crippen LogP contribution is -1.98. The summed E-state index contributed by atoms with van der Waals surface area (Å²) in [5.41, 5.74) is 0.434. The molecule has 3 nitrogen and oxygen atoms in total. The van der Waals surface area contributed by atoms with Crippen molar-refractivity contribution in [2.24, 2.45) is 0 Å². The molecule has 0 spiro atoms. The highest BCUT2D eigenvalue weighted by atomic mass is 32.2. The average Bonchev–Trinajstić information content (AvgIpc) is 2.56. The molecule has 1 heterocycles. The Bertz CT molecular complexity index is 932. The van der Waals surface area contributed by atoms with Crippen molar-refractivity contribution in [3.63, 3.8) is 0 Å². The number of nitrogens with zero attached hydrogens (tertiary/aromatic N) is 2. The van der Waals surface area contributed by atoms with Gasteiger partial charge in [-0.2, -0.15) is 4.98 Å². The smallest absolute Gasteiger partial charge is 0.223 e. The molecule has 0 fully saturated rings. The lowest BCUT2D eigenvalue weighted by molar-refractivity contribution is 0.418. The topological polar surface area (TPSA) is 35.0 Å². The molecule has 3 aromatic rings. The molecule has 0 saturated heterocycles. The van der Waals surface area contributed by atoms with Gasteiger partial charge in [-0.15, -0.1) is 0 Å². The van der Waals surface area contributed by atoms with E-state index >= 15 is 0 Å². The fourth-order valence-corrected chi connectivity index (χ4v) is 3.02. The molecule has 0 N–H and O–H groups in total. The first kappa shape index (κ1) is 18.2. The molecule has 1 aromatic heterocycles. The summed E-state index contributed by atoms with van der Waals surface area (Å²) >= 11 is 1.01. The SMILES string of the molecule is Cc1cc(Oc2ccc(F)cc2F)nc(SCc2c(F)cccc2F)n1. The van der Waals surface area contributed by atoms with E-state index in [-0.39, 0.29) is 28.1 Å². The molecular formula is C18H12F4N2OS. The monoisotopic (exact) mass is 380 g/mol. The van der Waals surface area contributed by atoms with Crippen LogP contribution in [0.3, 0.4) is 0 Å². The average molecular weight is 380 g/mol. The van der Waals surface area contributed by atoms with Crippen molar-refractivity contribution in [3.05, 3.63) is 77.0 Å². The first-order valence-corrected chi connectivity index (χ1v) is 8.45. The molecule has 0 aliphatic heterocycles. The number of halogens is 4. The molecule has 0 unspecified atom stereocenters. The van der Waals surface area contributed by atoms with E-state index in [9.17, 15) is 17.6 Å². The Labute approximate surface area is 151 Å². The van der Waals surface area contributed by atoms with Gasteiger partial charge in [0.2, 0.25) is 5.88 Å². The molecule has 0 atom stereocenters. The largest absolute Gasteiger partial charge is 0.436 e. The fraction of sp³-hybridized carbons (Fsp3) is 0.111. The van der Waals surface area contributed by atoms with Crippen molar-refractivity contribution in [3.8, 4) is 11.6 Å². The second kappa shape index (κ2) is 7.74. The minimum Gasteiger partial charge on any atom is -0.436 e. The van der Waals surface area contributed by atoms with Crippen molar-refractivity contribution in [2.75, 3.05) is 0 Å². The molecule has 0 amide bonds. The number of benzene rings is 2. The van der Waals surface area contributed by atoms with E-state index in [1.54, 1.807) is 6.92 Å². The van der Waals surface area contributed by atoms with Gasteiger partial charge in [0.05, 0.1) is 0 Å². The first-order valence-electron chi connectivity index (χ1n) is 7.46. The van der Waals surface area contributed by atoms with Crippen LogP contribution in [0.4, 0.5) is 17.6 Å². The van der Waals surface area contributed by atoms with E-state index in [0.29, 0.717) is 11.8 Å². The summed E-state index contributed by atoms with van der Waals surface area (Å²) in [6.07, 6.45) is 0. The fourth-order valence-electron chi connectivity index (χ4n) is 2.11. The summed E-state index contributed by atoms with van der Waals surface area (Å²) in [7, 11) is 0. The van der Waals surface area contributed by atoms with Crippen LogP contribution >= 0.6 is 11.8 Å². The molecule has 0 radical (unpaired) electrons. The Morgan fingerprint density at radius 3 is 2.35 bits per heavy atom. The zero-order chi connectivity index (χ0) is 18.7. The van der Waals surface area contributed by atoms with Gasteiger partial charge in [0, 0.05) is 29.1 Å². The number of aromatic nitrogens is 2. The van der Waals surface area contributed by atoms with Crippen LogP contribution in [-0.4, -0.2) is 9.97 Å². The summed E-state index contributed by atoms with van der Waals surface area (Å²) < 4.78 is 59.4. The van der Waals surface area contributed by atoms with E-state index in [4.69, 9.17) is 4.74 Å². The second-order valence-corrected chi connectivity index (χ2v) is 6.24. The van der Waals surface area contributed by atoms with Gasteiger partial charge in [0.25, 0.3) is 0 Å². The first-order chi connectivity index (χ1) is 12.4. The van der Waals surface area contributed by atoms with Crippen LogP contribution in [0.25, 0.3) is 0 Å². The van der Waals surface area contributed by atoms with Crippen molar-refractivity contribution >= 4 is 11.8 Å². The number of aryl methyl sites for hydroxylation is 1. The van der Waals surface area contributed by atoms with Crippen LogP contribution in [0.15, 0.2) is 47.6 Å². The number of thioether (sulfide) groups is 1. The third kappa shape index (κ3) is 4.32. The second-order valence-electron chi connectivity index (χ2n) is 5.30. The van der Waals surface area contributed by atoms with Gasteiger partial charge < -0.3 is 4.74 Å². The molecular weight excluding hydrogens is 368 g/mol. The van der Waals surface area contributed by atoms with Crippen molar-refractivity contribution in [1.82, 2.24) is 9.97 Å². The van der Waals surface area contributed by atoms with Gasteiger partial charge in [0.15, 0.2) is 16.7 Å². The van der Waals surface area contributed by atoms with Crippen molar-refractivity contribution in [2.45, 2.75) is 17.8 Å². The molecule has 0 aliphatic rings. The summed E-state index contributed by atoms with van der Waals surface area (Å²) in [4.78, 5) is 8.25. The summed E-state index contributed by atoms with van der Waals surface area (Å²) in [6, 6.07) is 7.98. The lowest BCUT2D eigenvalue weighted by atomic mass is 10.2. The minimum atomic E-state index is -0.871. The predicted molar refractivity (Wildman–Crippen MR) is 89.1 cm³/mol. The quantitative estimate of drug-likeness (QED) is 0.336. The number of hydrogen-bond donors (Lipinski definition) is 0. The third-order valence-corrected chi connectivity index (χ3v) is 4.20. The number of rotatable bonds is 5. The standard InChI is InChI=1S/C18H12F4N2OS/c1-10-7-17(25-16-6-5-11(19)8-15(16)22)24-18(23-10)26-9-12-13(20)3-2-4-14(12)21/h2-8H,9H2,1H3. The van der Waals surface area contributed by atoms with E-state index in [2.05, 4.69) is 9.97 Å². The van der Waals surface area contributed by atoms with Crippen molar-refractivity contribution in [1.29, 1.82) is 0 Å². The number of ether oxygens (including phenoxy) is 1. The molecule has 3 rings (SSSR count). The van der Waals surface area contributed by atoms with Crippen LogP contribution in [0, 0.1) is 30.2 Å². The summed E-state index contributed by atoms with van der Waals surface area (Å²) in [5, 5.41) is 0.213. The molecule has 0 saturated carbocycles. The van der Waals surface area contributed by atoms with E-state index < -0.39 is 23.3 Å². The van der Waals surface area contributed by atoms with Crippen LogP contribution in [-0.2, 0) is 5.75 Å².